The van der Waals surface area contributed by atoms with Gasteiger partial charge in [0.05, 0.1) is 14.1 Å². The Morgan fingerprint density at radius 2 is 1.35 bits per heavy atom. The zero-order valence-corrected chi connectivity index (χ0v) is 18.1. The Balaban J connectivity index is 3.43. The van der Waals surface area contributed by atoms with E-state index in [4.69, 9.17) is 0 Å². The fraction of sp³-hybridized carbons (Fsp3) is 0.783. The van der Waals surface area contributed by atoms with Crippen molar-refractivity contribution in [1.29, 1.82) is 0 Å². The van der Waals surface area contributed by atoms with Gasteiger partial charge in [0.1, 0.15) is 6.54 Å². The molecule has 1 amide bonds. The number of hydrogen-bond donors (Lipinski definition) is 1. The number of quaternary nitrogens is 1. The van der Waals surface area contributed by atoms with Gasteiger partial charge in [0.2, 0.25) is 0 Å². The smallest absolute Gasteiger partial charge is 0.264 e. The number of nitrogens with zero attached hydrogens (tertiary/aromatic N) is 1. The van der Waals surface area contributed by atoms with Gasteiger partial charge in [0.15, 0.2) is 0 Å². The summed E-state index contributed by atoms with van der Waals surface area (Å²) >= 11 is 0. The molecule has 0 fully saturated rings. The molecule has 0 aliphatic rings. The molecule has 1 N–H and O–H groups in total. The molecular formula is C23H45N2O+. The van der Waals surface area contributed by atoms with Crippen molar-refractivity contribution in [2.24, 2.45) is 0 Å². The minimum Gasteiger partial charge on any atom is -0.270 e. The van der Waals surface area contributed by atoms with Gasteiger partial charge in [-0.15, -0.1) is 0 Å². The van der Waals surface area contributed by atoms with Crippen LogP contribution in [-0.2, 0) is 4.79 Å². The van der Waals surface area contributed by atoms with Crippen molar-refractivity contribution in [3.8, 4) is 0 Å². The summed E-state index contributed by atoms with van der Waals surface area (Å²) in [5.74, 6) is 0.189. The number of allylic oxidation sites excluding steroid dienone is 4. The van der Waals surface area contributed by atoms with E-state index in [1.807, 2.05) is 0 Å². The first-order chi connectivity index (χ1) is 12.5. The van der Waals surface area contributed by atoms with Gasteiger partial charge in [-0.1, -0.05) is 70.3 Å². The zero-order valence-electron chi connectivity index (χ0n) is 18.1. The van der Waals surface area contributed by atoms with Crippen LogP contribution in [0, 0.1) is 0 Å². The second-order valence-electron chi connectivity index (χ2n) is 7.92. The third-order valence-electron chi connectivity index (χ3n) is 4.56. The van der Waals surface area contributed by atoms with Crippen LogP contribution in [0.25, 0.3) is 0 Å². The second-order valence-corrected chi connectivity index (χ2v) is 7.92. The lowest BCUT2D eigenvalue weighted by Crippen LogP contribution is -2.54. The van der Waals surface area contributed by atoms with E-state index < -0.39 is 0 Å². The molecule has 0 radical (unpaired) electrons. The van der Waals surface area contributed by atoms with E-state index >= 15 is 0 Å². The monoisotopic (exact) mass is 365 g/mol. The number of hydrogen-bond acceptors (Lipinski definition) is 1. The standard InChI is InChI=1S/C23H44N2O/c1-5-7-8-9-10-11-12-13-14-15-16-17-18-19-20-21-23(26)24-25(3,4)22-6-2/h10-11,13-14H,5-9,12,15-22H2,1-4H3/p+1. The van der Waals surface area contributed by atoms with Gasteiger partial charge in [-0.3, -0.25) is 4.79 Å². The molecule has 0 unspecified atom stereocenters. The lowest BCUT2D eigenvalue weighted by Gasteiger charge is -2.28. The molecule has 0 aliphatic carbocycles. The molecule has 0 aromatic rings. The predicted molar refractivity (Wildman–Crippen MR) is 115 cm³/mol. The first kappa shape index (κ1) is 24.9. The quantitative estimate of drug-likeness (QED) is 0.139. The van der Waals surface area contributed by atoms with E-state index in [0.717, 1.165) is 25.8 Å². The predicted octanol–water partition coefficient (Wildman–Crippen LogP) is 6.32. The second kappa shape index (κ2) is 17.3. The van der Waals surface area contributed by atoms with E-state index in [0.29, 0.717) is 11.0 Å². The van der Waals surface area contributed by atoms with Crippen LogP contribution < -0.4 is 5.43 Å². The molecule has 3 heteroatoms. The van der Waals surface area contributed by atoms with Gasteiger partial charge < -0.3 is 0 Å². The number of amides is 1. The summed E-state index contributed by atoms with van der Waals surface area (Å²) in [5, 5.41) is 0. The molecule has 3 nitrogen and oxygen atoms in total. The van der Waals surface area contributed by atoms with Crippen molar-refractivity contribution in [1.82, 2.24) is 5.43 Å². The van der Waals surface area contributed by atoms with Crippen molar-refractivity contribution in [3.63, 3.8) is 0 Å². The molecule has 0 saturated carbocycles. The molecule has 0 atom stereocenters. The lowest BCUT2D eigenvalue weighted by atomic mass is 10.1. The summed E-state index contributed by atoms with van der Waals surface area (Å²) < 4.78 is 0.593. The number of carbonyl (C=O) groups excluding carboxylic acids is 1. The van der Waals surface area contributed by atoms with Crippen LogP contribution in [-0.4, -0.2) is 31.1 Å². The molecule has 0 saturated heterocycles. The molecule has 0 spiro atoms. The summed E-state index contributed by atoms with van der Waals surface area (Å²) in [7, 11) is 4.11. The Morgan fingerprint density at radius 1 is 0.769 bits per heavy atom. The fourth-order valence-electron chi connectivity index (χ4n) is 3.11. The summed E-state index contributed by atoms with van der Waals surface area (Å²) in [5.41, 5.74) is 3.09. The Labute approximate surface area is 163 Å². The molecule has 0 rings (SSSR count). The molecule has 152 valence electrons. The van der Waals surface area contributed by atoms with Crippen LogP contribution in [0.3, 0.4) is 0 Å². The number of carbonyl (C=O) groups is 1. The number of rotatable bonds is 17. The molecule has 0 bridgehead atoms. The molecule has 26 heavy (non-hydrogen) atoms. The SMILES string of the molecule is CCCCCC=CCC=CCCCCCCCC(=O)N[N+](C)(C)CCC. The van der Waals surface area contributed by atoms with Gasteiger partial charge in [0.25, 0.3) is 5.91 Å². The Bertz CT molecular complexity index is 386. The minimum absolute atomic E-state index is 0.189. The summed E-state index contributed by atoms with van der Waals surface area (Å²) in [4.78, 5) is 11.9. The van der Waals surface area contributed by atoms with Crippen LogP contribution >= 0.6 is 0 Å². The maximum Gasteiger partial charge on any atom is 0.264 e. The van der Waals surface area contributed by atoms with Crippen LogP contribution in [0.1, 0.15) is 97.3 Å². The van der Waals surface area contributed by atoms with Crippen LogP contribution in [0.5, 0.6) is 0 Å². The van der Waals surface area contributed by atoms with Gasteiger partial charge >= 0.3 is 0 Å². The highest BCUT2D eigenvalue weighted by Crippen LogP contribution is 2.08. The molecule has 0 aromatic carbocycles. The maximum atomic E-state index is 11.9. The molecular weight excluding hydrogens is 320 g/mol. The highest BCUT2D eigenvalue weighted by molar-refractivity contribution is 5.74. The first-order valence-corrected chi connectivity index (χ1v) is 11.0. The Morgan fingerprint density at radius 3 is 1.96 bits per heavy atom. The van der Waals surface area contributed by atoms with Crippen LogP contribution in [0.4, 0.5) is 0 Å². The van der Waals surface area contributed by atoms with Crippen molar-refractivity contribution in [2.45, 2.75) is 97.3 Å². The van der Waals surface area contributed by atoms with Gasteiger partial charge in [-0.2, -0.15) is 0 Å². The van der Waals surface area contributed by atoms with E-state index in [1.54, 1.807) is 0 Å². The lowest BCUT2D eigenvalue weighted by molar-refractivity contribution is -0.925. The Kier molecular flexibility index (Phi) is 16.6. The first-order valence-electron chi connectivity index (χ1n) is 11.0. The molecule has 0 heterocycles. The normalized spacial score (nSPS) is 12.3. The number of unbranched alkanes of at least 4 members (excludes halogenated alkanes) is 8. The van der Waals surface area contributed by atoms with Crippen molar-refractivity contribution < 1.29 is 9.39 Å². The summed E-state index contributed by atoms with van der Waals surface area (Å²) in [6.07, 6.45) is 24.4. The minimum atomic E-state index is 0.189. The van der Waals surface area contributed by atoms with E-state index in [-0.39, 0.29) is 5.91 Å². The summed E-state index contributed by atoms with van der Waals surface area (Å²) in [6.45, 7) is 5.37. The fourth-order valence-corrected chi connectivity index (χ4v) is 3.11. The van der Waals surface area contributed by atoms with Crippen molar-refractivity contribution >= 4 is 5.91 Å². The van der Waals surface area contributed by atoms with Crippen molar-refractivity contribution in [3.05, 3.63) is 24.3 Å². The van der Waals surface area contributed by atoms with E-state index in [1.165, 1.54) is 57.8 Å². The third kappa shape index (κ3) is 17.7. The van der Waals surface area contributed by atoms with Gasteiger partial charge in [-0.05, 0) is 44.9 Å². The molecule has 0 aliphatic heterocycles. The topological polar surface area (TPSA) is 29.1 Å². The molecule has 0 aromatic heterocycles. The largest absolute Gasteiger partial charge is 0.270 e. The van der Waals surface area contributed by atoms with Gasteiger partial charge in [-0.25, -0.2) is 10.0 Å². The summed E-state index contributed by atoms with van der Waals surface area (Å²) in [6, 6.07) is 0. The van der Waals surface area contributed by atoms with Crippen molar-refractivity contribution in [2.75, 3.05) is 20.6 Å². The Hall–Kier alpha value is -1.09. The highest BCUT2D eigenvalue weighted by atomic mass is 16.2. The van der Waals surface area contributed by atoms with Gasteiger partial charge in [0, 0.05) is 6.42 Å². The van der Waals surface area contributed by atoms with Crippen LogP contribution in [0.2, 0.25) is 0 Å². The average Bonchev–Trinajstić information content (AvgIpc) is 2.57. The van der Waals surface area contributed by atoms with Crippen LogP contribution in [0.15, 0.2) is 24.3 Å². The zero-order chi connectivity index (χ0) is 19.5. The average molecular weight is 366 g/mol. The van der Waals surface area contributed by atoms with E-state index in [9.17, 15) is 4.79 Å². The highest BCUT2D eigenvalue weighted by Gasteiger charge is 2.16. The number of nitrogens with one attached hydrogen (secondary N) is 1. The third-order valence-corrected chi connectivity index (χ3v) is 4.56. The van der Waals surface area contributed by atoms with E-state index in [2.05, 4.69) is 57.7 Å². The maximum absolute atomic E-state index is 11.9.